The average molecular weight is 307 g/mol. The van der Waals surface area contributed by atoms with Gasteiger partial charge in [-0.15, -0.1) is 0 Å². The molecule has 1 heterocycles. The highest BCUT2D eigenvalue weighted by molar-refractivity contribution is 9.10. The van der Waals surface area contributed by atoms with Crippen LogP contribution in [0.25, 0.3) is 0 Å². The first-order valence-electron chi connectivity index (χ1n) is 5.42. The van der Waals surface area contributed by atoms with Gasteiger partial charge in [0.25, 0.3) is 0 Å². The van der Waals surface area contributed by atoms with Gasteiger partial charge in [0.2, 0.25) is 5.89 Å². The molecule has 0 spiro atoms. The van der Waals surface area contributed by atoms with Crippen LogP contribution in [-0.4, -0.2) is 16.7 Å². The maximum atomic E-state index is 9.06. The number of nitrogens with zero attached hydrogens (tertiary/aromatic N) is 3. The molecule has 0 fully saturated rings. The molecule has 0 atom stereocenters. The minimum absolute atomic E-state index is 0.560. The lowest BCUT2D eigenvalue weighted by atomic mass is 10.2. The van der Waals surface area contributed by atoms with E-state index in [9.17, 15) is 0 Å². The van der Waals surface area contributed by atoms with Crippen LogP contribution in [0.4, 0.5) is 5.69 Å². The highest BCUT2D eigenvalue weighted by atomic mass is 79.9. The topological polar surface area (TPSA) is 74.7 Å². The van der Waals surface area contributed by atoms with Crippen molar-refractivity contribution in [3.8, 4) is 6.07 Å². The largest absolute Gasteiger partial charge is 0.383 e. The number of anilines is 1. The highest BCUT2D eigenvalue weighted by Crippen LogP contribution is 2.23. The Balaban J connectivity index is 1.99. The summed E-state index contributed by atoms with van der Waals surface area (Å²) in [5.74, 6) is 1.22. The lowest BCUT2D eigenvalue weighted by Crippen LogP contribution is -2.07. The van der Waals surface area contributed by atoms with Gasteiger partial charge in [0.1, 0.15) is 6.07 Å². The van der Waals surface area contributed by atoms with E-state index in [-0.39, 0.29) is 0 Å². The fourth-order valence-electron chi connectivity index (χ4n) is 1.54. The number of aromatic nitrogens is 2. The highest BCUT2D eigenvalue weighted by Gasteiger charge is 2.06. The van der Waals surface area contributed by atoms with E-state index in [1.807, 2.05) is 18.2 Å². The van der Waals surface area contributed by atoms with E-state index in [0.717, 1.165) is 10.2 Å². The van der Waals surface area contributed by atoms with E-state index in [4.69, 9.17) is 9.78 Å². The predicted molar refractivity (Wildman–Crippen MR) is 70.1 cm³/mol. The molecule has 2 aromatic rings. The van der Waals surface area contributed by atoms with Crippen LogP contribution in [0.1, 0.15) is 17.3 Å². The third kappa shape index (κ3) is 2.87. The quantitative estimate of drug-likeness (QED) is 0.940. The maximum Gasteiger partial charge on any atom is 0.223 e. The second-order valence-corrected chi connectivity index (χ2v) is 4.53. The lowest BCUT2D eigenvalue weighted by molar-refractivity contribution is 0.387. The van der Waals surface area contributed by atoms with Crippen LogP contribution in [-0.2, 0) is 6.42 Å². The molecule has 92 valence electrons. The summed E-state index contributed by atoms with van der Waals surface area (Å²) in [6, 6.07) is 7.74. The Hall–Kier alpha value is -1.87. The molecular formula is C12H11BrN4O. The Bertz CT molecular complexity index is 588. The van der Waals surface area contributed by atoms with E-state index in [2.05, 4.69) is 37.5 Å². The zero-order valence-electron chi connectivity index (χ0n) is 9.77. The van der Waals surface area contributed by atoms with Crippen LogP contribution < -0.4 is 5.32 Å². The van der Waals surface area contributed by atoms with Gasteiger partial charge in [0, 0.05) is 24.4 Å². The number of halogens is 1. The fourth-order valence-corrected chi connectivity index (χ4v) is 1.99. The molecule has 1 aromatic carbocycles. The average Bonchev–Trinajstić information content (AvgIpc) is 2.75. The van der Waals surface area contributed by atoms with Crippen LogP contribution in [0, 0.1) is 18.3 Å². The van der Waals surface area contributed by atoms with Gasteiger partial charge in [-0.3, -0.25) is 0 Å². The third-order valence-corrected chi connectivity index (χ3v) is 3.02. The molecule has 0 aliphatic rings. The summed E-state index contributed by atoms with van der Waals surface area (Å²) < 4.78 is 5.67. The summed E-state index contributed by atoms with van der Waals surface area (Å²) in [7, 11) is 0. The molecule has 1 N–H and O–H groups in total. The second kappa shape index (κ2) is 5.65. The summed E-state index contributed by atoms with van der Waals surface area (Å²) >= 11 is 3.35. The Morgan fingerprint density at radius 1 is 1.50 bits per heavy atom. The van der Waals surface area contributed by atoms with Gasteiger partial charge in [0.15, 0.2) is 5.82 Å². The van der Waals surface area contributed by atoms with Crippen LogP contribution in [0.15, 0.2) is 27.2 Å². The smallest absolute Gasteiger partial charge is 0.223 e. The Labute approximate surface area is 113 Å². The molecule has 0 bridgehead atoms. The zero-order valence-corrected chi connectivity index (χ0v) is 11.4. The van der Waals surface area contributed by atoms with Crippen LogP contribution in [0.3, 0.4) is 0 Å². The van der Waals surface area contributed by atoms with Gasteiger partial charge >= 0.3 is 0 Å². The van der Waals surface area contributed by atoms with E-state index >= 15 is 0 Å². The van der Waals surface area contributed by atoms with Gasteiger partial charge in [-0.05, 0) is 28.1 Å². The summed E-state index contributed by atoms with van der Waals surface area (Å²) in [4.78, 5) is 4.11. The number of aryl methyl sites for hydroxylation is 1. The SMILES string of the molecule is Cc1nc(CCNc2cccc(Br)c2C#N)no1. The number of hydrogen-bond donors (Lipinski definition) is 1. The van der Waals surface area contributed by atoms with E-state index < -0.39 is 0 Å². The zero-order chi connectivity index (χ0) is 13.0. The predicted octanol–water partition coefficient (Wildman–Crippen LogP) is 2.67. The van der Waals surface area contributed by atoms with E-state index in [0.29, 0.717) is 30.2 Å². The normalized spacial score (nSPS) is 10.1. The first-order chi connectivity index (χ1) is 8.70. The number of nitrogens with one attached hydrogen (secondary N) is 1. The van der Waals surface area contributed by atoms with Gasteiger partial charge in [0.05, 0.1) is 11.3 Å². The summed E-state index contributed by atoms with van der Waals surface area (Å²) in [5, 5.41) is 16.1. The molecule has 0 aliphatic heterocycles. The second-order valence-electron chi connectivity index (χ2n) is 3.68. The minimum atomic E-state index is 0.560. The van der Waals surface area contributed by atoms with Crippen molar-refractivity contribution in [1.82, 2.24) is 10.1 Å². The number of hydrogen-bond acceptors (Lipinski definition) is 5. The first-order valence-corrected chi connectivity index (χ1v) is 6.21. The van der Waals surface area contributed by atoms with Gasteiger partial charge in [-0.25, -0.2) is 0 Å². The van der Waals surface area contributed by atoms with Gasteiger partial charge in [-0.1, -0.05) is 11.2 Å². The minimum Gasteiger partial charge on any atom is -0.383 e. The first kappa shape index (κ1) is 12.6. The van der Waals surface area contributed by atoms with Crippen molar-refractivity contribution in [3.05, 3.63) is 40.0 Å². The van der Waals surface area contributed by atoms with Crippen molar-refractivity contribution in [3.63, 3.8) is 0 Å². The molecule has 2 rings (SSSR count). The van der Waals surface area contributed by atoms with Crippen molar-refractivity contribution in [1.29, 1.82) is 5.26 Å². The molecule has 18 heavy (non-hydrogen) atoms. The molecule has 0 saturated carbocycles. The van der Waals surface area contributed by atoms with Crippen LogP contribution >= 0.6 is 15.9 Å². The molecule has 0 saturated heterocycles. The molecule has 5 nitrogen and oxygen atoms in total. The van der Waals surface area contributed by atoms with Crippen molar-refractivity contribution >= 4 is 21.6 Å². The summed E-state index contributed by atoms with van der Waals surface area (Å²) in [6.07, 6.45) is 0.648. The monoisotopic (exact) mass is 306 g/mol. The Morgan fingerprint density at radius 2 is 2.33 bits per heavy atom. The maximum absolute atomic E-state index is 9.06. The summed E-state index contributed by atoms with van der Waals surface area (Å²) in [6.45, 7) is 2.40. The van der Waals surface area contributed by atoms with Crippen molar-refractivity contribution < 1.29 is 4.52 Å². The van der Waals surface area contributed by atoms with Crippen molar-refractivity contribution in [2.24, 2.45) is 0 Å². The molecule has 0 aliphatic carbocycles. The molecule has 0 unspecified atom stereocenters. The molecular weight excluding hydrogens is 296 g/mol. The van der Waals surface area contributed by atoms with Gasteiger partial charge in [-0.2, -0.15) is 10.2 Å². The van der Waals surface area contributed by atoms with Gasteiger partial charge < -0.3 is 9.84 Å². The van der Waals surface area contributed by atoms with E-state index in [1.165, 1.54) is 0 Å². The number of benzene rings is 1. The lowest BCUT2D eigenvalue weighted by Gasteiger charge is -2.07. The molecule has 0 amide bonds. The van der Waals surface area contributed by atoms with Crippen LogP contribution in [0.2, 0.25) is 0 Å². The summed E-state index contributed by atoms with van der Waals surface area (Å²) in [5.41, 5.74) is 1.40. The van der Waals surface area contributed by atoms with E-state index in [1.54, 1.807) is 6.92 Å². The van der Waals surface area contributed by atoms with Crippen molar-refractivity contribution in [2.75, 3.05) is 11.9 Å². The van der Waals surface area contributed by atoms with Crippen LogP contribution in [0.5, 0.6) is 0 Å². The number of rotatable bonds is 4. The Morgan fingerprint density at radius 3 is 3.00 bits per heavy atom. The third-order valence-electron chi connectivity index (χ3n) is 2.36. The standard InChI is InChI=1S/C12H11BrN4O/c1-8-16-12(17-18-8)5-6-15-11-4-2-3-10(13)9(11)7-14/h2-4,15H,5-6H2,1H3. The molecule has 1 aromatic heterocycles. The number of nitriles is 1. The fraction of sp³-hybridized carbons (Fsp3) is 0.250. The Kier molecular flexibility index (Phi) is 3.95. The molecule has 0 radical (unpaired) electrons. The van der Waals surface area contributed by atoms with Crippen molar-refractivity contribution in [2.45, 2.75) is 13.3 Å². The molecule has 6 heteroatoms.